The lowest BCUT2D eigenvalue weighted by Gasteiger charge is -2.13. The zero-order valence-electron chi connectivity index (χ0n) is 13.2. The van der Waals surface area contributed by atoms with Crippen LogP contribution in [0.3, 0.4) is 0 Å². The van der Waals surface area contributed by atoms with Crippen molar-refractivity contribution in [1.29, 1.82) is 0 Å². The van der Waals surface area contributed by atoms with Crippen molar-refractivity contribution in [2.75, 3.05) is 26.8 Å². The summed E-state index contributed by atoms with van der Waals surface area (Å²) in [7, 11) is 1.58. The molecule has 6 heteroatoms. The Bertz CT molecular complexity index is 553. The molecule has 5 nitrogen and oxygen atoms in total. The number of halogens is 1. The highest BCUT2D eigenvalue weighted by molar-refractivity contribution is 6.32. The minimum atomic E-state index is 0.416. The van der Waals surface area contributed by atoms with Gasteiger partial charge in [0.2, 0.25) is 0 Å². The largest absolute Gasteiger partial charge is 0.493 e. The molecule has 0 aliphatic carbocycles. The van der Waals surface area contributed by atoms with Crippen LogP contribution in [0.1, 0.15) is 19.4 Å². The number of terminal acetylenes is 1. The summed E-state index contributed by atoms with van der Waals surface area (Å²) in [6, 6.07) is 3.69. The van der Waals surface area contributed by atoms with E-state index < -0.39 is 0 Å². The highest BCUT2D eigenvalue weighted by atomic mass is 35.5. The van der Waals surface area contributed by atoms with Gasteiger partial charge in [0.25, 0.3) is 0 Å². The lowest BCUT2D eigenvalue weighted by molar-refractivity contribution is 0.311. The molecule has 0 saturated heterocycles. The van der Waals surface area contributed by atoms with Crippen LogP contribution in [0, 0.1) is 12.3 Å². The van der Waals surface area contributed by atoms with E-state index in [9.17, 15) is 0 Å². The Kier molecular flexibility index (Phi) is 8.01. The maximum Gasteiger partial charge on any atom is 0.192 e. The lowest BCUT2D eigenvalue weighted by atomic mass is 10.2. The summed E-state index contributed by atoms with van der Waals surface area (Å²) in [6.07, 6.45) is 5.24. The molecule has 0 amide bonds. The van der Waals surface area contributed by atoms with Crippen molar-refractivity contribution in [2.45, 2.75) is 20.4 Å². The van der Waals surface area contributed by atoms with Crippen LogP contribution in [0.15, 0.2) is 17.1 Å². The van der Waals surface area contributed by atoms with Crippen LogP contribution in [0.2, 0.25) is 5.02 Å². The van der Waals surface area contributed by atoms with Crippen LogP contribution in [-0.2, 0) is 6.54 Å². The third-order valence-electron chi connectivity index (χ3n) is 2.70. The standard InChI is InChI=1S/C16H22ClN3O2/c1-5-8-19-16(18-6-2)20-11-12-9-13(17)15(22-7-3)14(10-12)21-4/h1,9-10H,6-8,11H2,2-4H3,(H2,18,19,20). The smallest absolute Gasteiger partial charge is 0.192 e. The summed E-state index contributed by atoms with van der Waals surface area (Å²) in [6.45, 7) is 6.02. The fourth-order valence-corrected chi connectivity index (χ4v) is 2.08. The van der Waals surface area contributed by atoms with E-state index in [1.165, 1.54) is 0 Å². The molecule has 22 heavy (non-hydrogen) atoms. The van der Waals surface area contributed by atoms with E-state index in [4.69, 9.17) is 27.5 Å². The number of rotatable bonds is 7. The minimum absolute atomic E-state index is 0.416. The molecule has 0 radical (unpaired) electrons. The maximum absolute atomic E-state index is 6.24. The van der Waals surface area contributed by atoms with E-state index in [1.54, 1.807) is 7.11 Å². The fraction of sp³-hybridized carbons (Fsp3) is 0.438. The monoisotopic (exact) mass is 323 g/mol. The highest BCUT2D eigenvalue weighted by Crippen LogP contribution is 2.36. The number of hydrogen-bond donors (Lipinski definition) is 2. The van der Waals surface area contributed by atoms with E-state index in [-0.39, 0.29) is 0 Å². The first-order valence-electron chi connectivity index (χ1n) is 7.11. The zero-order chi connectivity index (χ0) is 16.4. The number of ether oxygens (including phenoxy) is 2. The van der Waals surface area contributed by atoms with E-state index in [2.05, 4.69) is 21.5 Å². The molecule has 0 unspecified atom stereocenters. The van der Waals surface area contributed by atoms with Gasteiger partial charge in [0.05, 0.1) is 31.8 Å². The van der Waals surface area contributed by atoms with Crippen LogP contribution < -0.4 is 20.1 Å². The molecule has 1 aromatic rings. The van der Waals surface area contributed by atoms with Gasteiger partial charge >= 0.3 is 0 Å². The average molecular weight is 324 g/mol. The quantitative estimate of drug-likeness (QED) is 0.460. The molecule has 0 aliphatic heterocycles. The zero-order valence-corrected chi connectivity index (χ0v) is 14.0. The first-order valence-corrected chi connectivity index (χ1v) is 7.48. The third kappa shape index (κ3) is 5.38. The van der Waals surface area contributed by atoms with Gasteiger partial charge in [-0.2, -0.15) is 0 Å². The average Bonchev–Trinajstić information content (AvgIpc) is 2.52. The molecule has 0 fully saturated rings. The van der Waals surface area contributed by atoms with Crippen molar-refractivity contribution < 1.29 is 9.47 Å². The molecular formula is C16H22ClN3O2. The van der Waals surface area contributed by atoms with E-state index in [0.717, 1.165) is 12.1 Å². The van der Waals surface area contributed by atoms with Crippen molar-refractivity contribution in [1.82, 2.24) is 10.6 Å². The van der Waals surface area contributed by atoms with Crippen molar-refractivity contribution in [2.24, 2.45) is 4.99 Å². The summed E-state index contributed by atoms with van der Waals surface area (Å²) in [5.41, 5.74) is 0.920. The van der Waals surface area contributed by atoms with Crippen molar-refractivity contribution in [3.63, 3.8) is 0 Å². The summed E-state index contributed by atoms with van der Waals surface area (Å²) in [5, 5.41) is 6.65. The Hall–Kier alpha value is -2.06. The van der Waals surface area contributed by atoms with Gasteiger partial charge in [-0.05, 0) is 31.5 Å². The first kappa shape index (κ1) is 18.0. The van der Waals surface area contributed by atoms with Gasteiger partial charge in [0.15, 0.2) is 17.5 Å². The summed E-state index contributed by atoms with van der Waals surface area (Å²) < 4.78 is 10.8. The Morgan fingerprint density at radius 1 is 1.36 bits per heavy atom. The molecule has 120 valence electrons. The van der Waals surface area contributed by atoms with Gasteiger partial charge in [-0.15, -0.1) is 6.42 Å². The summed E-state index contributed by atoms with van der Waals surface area (Å²) >= 11 is 6.24. The normalized spacial score (nSPS) is 10.8. The number of hydrogen-bond acceptors (Lipinski definition) is 3. The maximum atomic E-state index is 6.24. The molecule has 0 aromatic heterocycles. The molecule has 0 heterocycles. The second-order valence-electron chi connectivity index (χ2n) is 4.29. The minimum Gasteiger partial charge on any atom is -0.493 e. The number of guanidine groups is 1. The molecule has 1 aromatic carbocycles. The van der Waals surface area contributed by atoms with Gasteiger partial charge in [-0.1, -0.05) is 17.5 Å². The third-order valence-corrected chi connectivity index (χ3v) is 2.98. The molecule has 1 rings (SSSR count). The van der Waals surface area contributed by atoms with Gasteiger partial charge in [0, 0.05) is 6.54 Å². The van der Waals surface area contributed by atoms with Crippen molar-refractivity contribution in [3.8, 4) is 23.8 Å². The molecule has 2 N–H and O–H groups in total. The molecule has 0 aliphatic rings. The lowest BCUT2D eigenvalue weighted by Crippen LogP contribution is -2.37. The molecule has 0 bridgehead atoms. The second-order valence-corrected chi connectivity index (χ2v) is 4.70. The van der Waals surface area contributed by atoms with Crippen LogP contribution in [0.4, 0.5) is 0 Å². The molecule has 0 spiro atoms. The van der Waals surface area contributed by atoms with Gasteiger partial charge in [-0.25, -0.2) is 4.99 Å². The second kappa shape index (κ2) is 9.80. The Morgan fingerprint density at radius 3 is 2.73 bits per heavy atom. The SMILES string of the molecule is C#CCNC(=NCc1cc(Cl)c(OCC)c(OC)c1)NCC. The van der Waals surface area contributed by atoms with Crippen molar-refractivity contribution in [3.05, 3.63) is 22.7 Å². The first-order chi connectivity index (χ1) is 10.7. The van der Waals surface area contributed by atoms with Crippen LogP contribution in [0.25, 0.3) is 0 Å². The summed E-state index contributed by atoms with van der Waals surface area (Å²) in [4.78, 5) is 4.46. The number of aliphatic imine (C=N–C) groups is 1. The van der Waals surface area contributed by atoms with E-state index >= 15 is 0 Å². The van der Waals surface area contributed by atoms with Crippen LogP contribution in [0.5, 0.6) is 11.5 Å². The Labute approximate surface area is 137 Å². The fourth-order valence-electron chi connectivity index (χ4n) is 1.80. The van der Waals surface area contributed by atoms with E-state index in [0.29, 0.717) is 42.2 Å². The number of benzene rings is 1. The Balaban J connectivity index is 2.92. The topological polar surface area (TPSA) is 54.9 Å². The van der Waals surface area contributed by atoms with Gasteiger partial charge < -0.3 is 20.1 Å². The van der Waals surface area contributed by atoms with Crippen LogP contribution in [-0.4, -0.2) is 32.8 Å². The number of methoxy groups -OCH3 is 1. The highest BCUT2D eigenvalue weighted by Gasteiger charge is 2.11. The Morgan fingerprint density at radius 2 is 2.14 bits per heavy atom. The molecular weight excluding hydrogens is 302 g/mol. The molecule has 0 saturated carbocycles. The van der Waals surface area contributed by atoms with Crippen molar-refractivity contribution >= 4 is 17.6 Å². The number of nitrogens with zero attached hydrogens (tertiary/aromatic N) is 1. The van der Waals surface area contributed by atoms with Crippen LogP contribution >= 0.6 is 11.6 Å². The summed E-state index contributed by atoms with van der Waals surface area (Å²) in [5.74, 6) is 4.32. The predicted octanol–water partition coefficient (Wildman–Crippen LogP) is 2.44. The number of nitrogens with one attached hydrogen (secondary N) is 2. The van der Waals surface area contributed by atoms with Gasteiger partial charge in [-0.3, -0.25) is 0 Å². The van der Waals surface area contributed by atoms with E-state index in [1.807, 2.05) is 26.0 Å². The molecule has 0 atom stereocenters. The van der Waals surface area contributed by atoms with Gasteiger partial charge in [0.1, 0.15) is 0 Å². The predicted molar refractivity (Wildman–Crippen MR) is 90.8 cm³/mol.